The first-order valence-electron chi connectivity index (χ1n) is 7.75. The first-order chi connectivity index (χ1) is 12.0. The van der Waals surface area contributed by atoms with Crippen molar-refractivity contribution in [3.05, 3.63) is 59.4 Å². The summed E-state index contributed by atoms with van der Waals surface area (Å²) in [5, 5.41) is 3.48. The molecule has 4 nitrogen and oxygen atoms in total. The van der Waals surface area contributed by atoms with E-state index in [-0.39, 0.29) is 23.8 Å². The third-order valence-electron chi connectivity index (χ3n) is 4.07. The molecule has 0 aliphatic carbocycles. The molecule has 0 saturated carbocycles. The molecule has 0 aliphatic rings. The zero-order chi connectivity index (χ0) is 18.0. The Morgan fingerprint density at radius 2 is 1.96 bits per heavy atom. The van der Waals surface area contributed by atoms with Gasteiger partial charge in [-0.25, -0.2) is 0 Å². The highest BCUT2D eigenvalue weighted by molar-refractivity contribution is 5.96. The summed E-state index contributed by atoms with van der Waals surface area (Å²) >= 11 is 0. The molecule has 1 amide bonds. The molecule has 0 fully saturated rings. The molecule has 2 aromatic carbocycles. The fourth-order valence-electron chi connectivity index (χ4n) is 2.66. The molecular weight excluding hydrogens is 328 g/mol. The molecule has 0 spiro atoms. The molecule has 25 heavy (non-hydrogen) atoms. The Hall–Kier alpha value is -2.89. The van der Waals surface area contributed by atoms with Crippen molar-refractivity contribution in [2.45, 2.75) is 26.9 Å². The molecule has 3 aromatic rings. The molecule has 3 rings (SSSR count). The fourth-order valence-corrected chi connectivity index (χ4v) is 2.66. The van der Waals surface area contributed by atoms with E-state index in [0.29, 0.717) is 0 Å². The van der Waals surface area contributed by atoms with E-state index < -0.39 is 6.61 Å². The molecule has 0 saturated heterocycles. The minimum Gasteiger partial charge on any atom is -0.464 e. The van der Waals surface area contributed by atoms with Gasteiger partial charge in [0.05, 0.1) is 18.4 Å². The van der Waals surface area contributed by atoms with Gasteiger partial charge in [-0.2, -0.15) is 8.78 Å². The van der Waals surface area contributed by atoms with E-state index in [9.17, 15) is 13.6 Å². The van der Waals surface area contributed by atoms with E-state index in [0.717, 1.165) is 27.7 Å². The number of nitrogens with one attached hydrogen (secondary N) is 1. The van der Waals surface area contributed by atoms with Gasteiger partial charge in [0.15, 0.2) is 0 Å². The fraction of sp³-hybridized carbons (Fsp3) is 0.211. The topological polar surface area (TPSA) is 51.5 Å². The number of alkyl halides is 2. The Bertz CT molecular complexity index is 918. The second kappa shape index (κ2) is 6.93. The number of fused-ring (bicyclic) bond motifs is 1. The van der Waals surface area contributed by atoms with E-state index >= 15 is 0 Å². The maximum atomic E-state index is 12.4. The van der Waals surface area contributed by atoms with Gasteiger partial charge in [-0.1, -0.05) is 24.3 Å². The Morgan fingerprint density at radius 3 is 2.72 bits per heavy atom. The molecule has 1 heterocycles. The Morgan fingerprint density at radius 1 is 1.20 bits per heavy atom. The van der Waals surface area contributed by atoms with Crippen LogP contribution >= 0.6 is 0 Å². The molecule has 0 bridgehead atoms. The normalized spacial score (nSPS) is 11.1. The van der Waals surface area contributed by atoms with E-state index in [1.165, 1.54) is 12.1 Å². The number of benzene rings is 2. The number of ether oxygens (including phenoxy) is 1. The molecule has 1 aromatic heterocycles. The summed E-state index contributed by atoms with van der Waals surface area (Å²) in [6.45, 7) is 0.995. The minimum absolute atomic E-state index is 0.0680. The standard InChI is InChI=1S/C19H17F2NO3/c1-11-7-8-14-13(10-24-18(14)12(11)2)9-17(23)22-15-5-3-4-6-16(15)25-19(20)21/h3-8,10,19H,9H2,1-2H3,(H,22,23). The van der Waals surface area contributed by atoms with E-state index in [1.807, 2.05) is 26.0 Å². The third-order valence-corrected chi connectivity index (χ3v) is 4.07. The molecule has 0 unspecified atom stereocenters. The number of rotatable bonds is 5. The quantitative estimate of drug-likeness (QED) is 0.720. The van der Waals surface area contributed by atoms with Crippen molar-refractivity contribution < 1.29 is 22.7 Å². The van der Waals surface area contributed by atoms with Crippen molar-refractivity contribution in [1.29, 1.82) is 0 Å². The smallest absolute Gasteiger partial charge is 0.387 e. The van der Waals surface area contributed by atoms with Crippen LogP contribution in [0.4, 0.5) is 14.5 Å². The van der Waals surface area contributed by atoms with Gasteiger partial charge in [-0.05, 0) is 37.1 Å². The Labute approximate surface area is 143 Å². The van der Waals surface area contributed by atoms with Gasteiger partial charge in [0.25, 0.3) is 0 Å². The van der Waals surface area contributed by atoms with Crippen molar-refractivity contribution in [3.8, 4) is 5.75 Å². The lowest BCUT2D eigenvalue weighted by molar-refractivity contribution is -0.115. The van der Waals surface area contributed by atoms with Gasteiger partial charge >= 0.3 is 6.61 Å². The summed E-state index contributed by atoms with van der Waals surface area (Å²) in [4.78, 5) is 12.3. The molecule has 6 heteroatoms. The van der Waals surface area contributed by atoms with Crippen LogP contribution in [0.15, 0.2) is 47.1 Å². The van der Waals surface area contributed by atoms with Crippen molar-refractivity contribution in [2.75, 3.05) is 5.32 Å². The molecule has 130 valence electrons. The summed E-state index contributed by atoms with van der Waals surface area (Å²) in [6, 6.07) is 9.96. The first-order valence-corrected chi connectivity index (χ1v) is 7.75. The number of para-hydroxylation sites is 2. The van der Waals surface area contributed by atoms with Crippen LogP contribution < -0.4 is 10.1 Å². The van der Waals surface area contributed by atoms with Gasteiger partial charge < -0.3 is 14.5 Å². The van der Waals surface area contributed by atoms with Gasteiger partial charge in [-0.15, -0.1) is 0 Å². The second-order valence-electron chi connectivity index (χ2n) is 5.74. The Balaban J connectivity index is 1.79. The highest BCUT2D eigenvalue weighted by Gasteiger charge is 2.15. The summed E-state index contributed by atoms with van der Waals surface area (Å²) in [7, 11) is 0. The van der Waals surface area contributed by atoms with Crippen LogP contribution in [-0.2, 0) is 11.2 Å². The van der Waals surface area contributed by atoms with Crippen LogP contribution in [0.3, 0.4) is 0 Å². The van der Waals surface area contributed by atoms with Gasteiger partial charge in [0.1, 0.15) is 11.3 Å². The summed E-state index contributed by atoms with van der Waals surface area (Å²) in [5.41, 5.74) is 3.83. The number of carbonyl (C=O) groups excluding carboxylic acids is 1. The van der Waals surface area contributed by atoms with Crippen molar-refractivity contribution in [1.82, 2.24) is 0 Å². The maximum Gasteiger partial charge on any atom is 0.387 e. The predicted octanol–water partition coefficient (Wildman–Crippen LogP) is 4.83. The van der Waals surface area contributed by atoms with Crippen LogP contribution in [0.25, 0.3) is 11.0 Å². The minimum atomic E-state index is -2.96. The summed E-state index contributed by atoms with van der Waals surface area (Å²) in [5.74, 6) is -0.416. The van der Waals surface area contributed by atoms with Crippen molar-refractivity contribution in [2.24, 2.45) is 0 Å². The predicted molar refractivity (Wildman–Crippen MR) is 91.1 cm³/mol. The van der Waals surface area contributed by atoms with E-state index in [4.69, 9.17) is 4.42 Å². The number of furan rings is 1. The average molecular weight is 345 g/mol. The zero-order valence-corrected chi connectivity index (χ0v) is 13.8. The number of anilines is 1. The van der Waals surface area contributed by atoms with Crippen molar-refractivity contribution in [3.63, 3.8) is 0 Å². The summed E-state index contributed by atoms with van der Waals surface area (Å²) in [6.07, 6.45) is 1.62. The largest absolute Gasteiger partial charge is 0.464 e. The van der Waals surface area contributed by atoms with Gasteiger partial charge in [0, 0.05) is 10.9 Å². The van der Waals surface area contributed by atoms with Crippen molar-refractivity contribution >= 4 is 22.6 Å². The SMILES string of the molecule is Cc1ccc2c(CC(=O)Nc3ccccc3OC(F)F)coc2c1C. The number of aryl methyl sites for hydroxylation is 2. The van der Waals surface area contributed by atoms with Crippen LogP contribution in [0, 0.1) is 13.8 Å². The number of amides is 1. The van der Waals surface area contributed by atoms with Crippen LogP contribution in [-0.4, -0.2) is 12.5 Å². The van der Waals surface area contributed by atoms with Crippen LogP contribution in [0.5, 0.6) is 5.75 Å². The highest BCUT2D eigenvalue weighted by Crippen LogP contribution is 2.28. The molecule has 1 N–H and O–H groups in total. The maximum absolute atomic E-state index is 12.4. The molecule has 0 aliphatic heterocycles. The molecule has 0 atom stereocenters. The molecule has 0 radical (unpaired) electrons. The van der Waals surface area contributed by atoms with Crippen LogP contribution in [0.1, 0.15) is 16.7 Å². The summed E-state index contributed by atoms with van der Waals surface area (Å²) < 4.78 is 34.9. The lowest BCUT2D eigenvalue weighted by atomic mass is 10.0. The zero-order valence-electron chi connectivity index (χ0n) is 13.8. The number of carbonyl (C=O) groups is 1. The third kappa shape index (κ3) is 3.63. The number of hydrogen-bond acceptors (Lipinski definition) is 3. The van der Waals surface area contributed by atoms with Crippen LogP contribution in [0.2, 0.25) is 0 Å². The van der Waals surface area contributed by atoms with E-state index in [1.54, 1.807) is 18.4 Å². The monoisotopic (exact) mass is 345 g/mol. The highest BCUT2D eigenvalue weighted by atomic mass is 19.3. The van der Waals surface area contributed by atoms with Gasteiger partial charge in [-0.3, -0.25) is 4.79 Å². The second-order valence-corrected chi connectivity index (χ2v) is 5.74. The first kappa shape index (κ1) is 17.0. The average Bonchev–Trinajstić information content (AvgIpc) is 2.96. The lowest BCUT2D eigenvalue weighted by Crippen LogP contribution is -2.15. The lowest BCUT2D eigenvalue weighted by Gasteiger charge is -2.11. The number of hydrogen-bond donors (Lipinski definition) is 1. The Kier molecular flexibility index (Phi) is 4.70. The van der Waals surface area contributed by atoms with E-state index in [2.05, 4.69) is 10.1 Å². The molecular formula is C19H17F2NO3. The van der Waals surface area contributed by atoms with Gasteiger partial charge in [0.2, 0.25) is 5.91 Å². The number of halogens is 2.